The van der Waals surface area contributed by atoms with E-state index in [2.05, 4.69) is 0 Å². The number of hydrogen-bond donors (Lipinski definition) is 0. The Morgan fingerprint density at radius 2 is 1.86 bits per heavy atom. The molecule has 1 rings (SSSR count). The molecule has 5 nitrogen and oxygen atoms in total. The molecule has 22 heavy (non-hydrogen) atoms. The molecule has 0 spiro atoms. The molecule has 2 atom stereocenters. The molecule has 0 unspecified atom stereocenters. The summed E-state index contributed by atoms with van der Waals surface area (Å²) in [7, 11) is 0. The van der Waals surface area contributed by atoms with E-state index in [1.807, 2.05) is 0 Å². The van der Waals surface area contributed by atoms with Gasteiger partial charge in [0.05, 0.1) is 11.8 Å². The highest BCUT2D eigenvalue weighted by Gasteiger charge is 2.47. The Morgan fingerprint density at radius 3 is 2.36 bits per heavy atom. The molecule has 0 heterocycles. The first-order chi connectivity index (χ1) is 9.95. The molecule has 1 aliphatic carbocycles. The fraction of sp³-hybridized carbons (Fsp3) is 0.765. The van der Waals surface area contributed by atoms with Gasteiger partial charge in [-0.2, -0.15) is 0 Å². The molecule has 0 saturated heterocycles. The highest BCUT2D eigenvalue weighted by atomic mass is 16.6. The van der Waals surface area contributed by atoms with Crippen molar-refractivity contribution in [2.75, 3.05) is 0 Å². The molecule has 5 heteroatoms. The van der Waals surface area contributed by atoms with Crippen molar-refractivity contribution in [2.24, 2.45) is 11.3 Å². The summed E-state index contributed by atoms with van der Waals surface area (Å²) in [4.78, 5) is 47.9. The van der Waals surface area contributed by atoms with Gasteiger partial charge in [-0.3, -0.25) is 14.4 Å². The summed E-state index contributed by atoms with van der Waals surface area (Å²) < 4.78 is 5.25. The highest BCUT2D eigenvalue weighted by Crippen LogP contribution is 2.38. The Balaban J connectivity index is 2.79. The van der Waals surface area contributed by atoms with Crippen LogP contribution in [-0.4, -0.2) is 28.9 Å². The first kappa shape index (κ1) is 18.5. The van der Waals surface area contributed by atoms with E-state index >= 15 is 0 Å². The minimum atomic E-state index is -1.14. The number of Topliss-reactive ketones (excluding diaryl/α,β-unsaturated/α-hetero) is 3. The second-order valence-corrected chi connectivity index (χ2v) is 7.35. The van der Waals surface area contributed by atoms with Gasteiger partial charge in [0.25, 0.3) is 0 Å². The summed E-state index contributed by atoms with van der Waals surface area (Å²) in [6.45, 7) is 8.36. The fourth-order valence-corrected chi connectivity index (χ4v) is 2.77. The molecule has 1 aliphatic rings. The van der Waals surface area contributed by atoms with Crippen molar-refractivity contribution in [3.05, 3.63) is 0 Å². The maximum absolute atomic E-state index is 12.6. The Bertz CT molecular complexity index is 486. The molecular formula is C17H26O5. The Morgan fingerprint density at radius 1 is 1.27 bits per heavy atom. The summed E-state index contributed by atoms with van der Waals surface area (Å²) in [5.41, 5.74) is -1.74. The lowest BCUT2D eigenvalue weighted by molar-refractivity contribution is -0.160. The SMILES string of the molecule is CC(=O)CC[C@]1(C)C(=O)CC[C@@H](CC(=O)OC(C)(C)C)C1=O. The molecule has 0 radical (unpaired) electrons. The van der Waals surface area contributed by atoms with Crippen LogP contribution in [0.3, 0.4) is 0 Å². The van der Waals surface area contributed by atoms with Crippen molar-refractivity contribution in [1.29, 1.82) is 0 Å². The van der Waals surface area contributed by atoms with Crippen LogP contribution in [0.15, 0.2) is 0 Å². The van der Waals surface area contributed by atoms with Crippen molar-refractivity contribution in [2.45, 2.75) is 72.3 Å². The minimum Gasteiger partial charge on any atom is -0.460 e. The normalized spacial score (nSPS) is 26.0. The van der Waals surface area contributed by atoms with Gasteiger partial charge in [-0.25, -0.2) is 0 Å². The average molecular weight is 310 g/mol. The van der Waals surface area contributed by atoms with Crippen molar-refractivity contribution < 1.29 is 23.9 Å². The molecule has 0 aromatic rings. The molecule has 0 N–H and O–H groups in total. The zero-order chi connectivity index (χ0) is 17.1. The van der Waals surface area contributed by atoms with E-state index in [9.17, 15) is 19.2 Å². The lowest BCUT2D eigenvalue weighted by atomic mass is 9.65. The zero-order valence-electron chi connectivity index (χ0n) is 14.2. The van der Waals surface area contributed by atoms with Crippen LogP contribution >= 0.6 is 0 Å². The third-order valence-corrected chi connectivity index (χ3v) is 4.06. The summed E-state index contributed by atoms with van der Waals surface area (Å²) in [5.74, 6) is -1.32. The van der Waals surface area contributed by atoms with Crippen molar-refractivity contribution in [3.63, 3.8) is 0 Å². The van der Waals surface area contributed by atoms with Crippen LogP contribution in [0.5, 0.6) is 0 Å². The molecule has 0 aliphatic heterocycles. The van der Waals surface area contributed by atoms with E-state index in [-0.39, 0.29) is 43.0 Å². The third kappa shape index (κ3) is 4.75. The largest absolute Gasteiger partial charge is 0.460 e. The number of esters is 1. The lowest BCUT2D eigenvalue weighted by Gasteiger charge is -2.35. The average Bonchev–Trinajstić information content (AvgIpc) is 2.35. The number of carbonyl (C=O) groups is 4. The Kier molecular flexibility index (Phi) is 5.65. The zero-order valence-corrected chi connectivity index (χ0v) is 14.2. The van der Waals surface area contributed by atoms with Gasteiger partial charge < -0.3 is 9.53 Å². The van der Waals surface area contributed by atoms with Gasteiger partial charge in [-0.15, -0.1) is 0 Å². The molecule has 0 amide bonds. The summed E-state index contributed by atoms with van der Waals surface area (Å²) in [6.07, 6.45) is 1.08. The number of carbonyl (C=O) groups excluding carboxylic acids is 4. The fourth-order valence-electron chi connectivity index (χ4n) is 2.77. The smallest absolute Gasteiger partial charge is 0.307 e. The molecule has 1 fully saturated rings. The first-order valence-corrected chi connectivity index (χ1v) is 7.74. The van der Waals surface area contributed by atoms with Crippen LogP contribution in [0, 0.1) is 11.3 Å². The van der Waals surface area contributed by atoms with E-state index < -0.39 is 22.9 Å². The van der Waals surface area contributed by atoms with Gasteiger partial charge >= 0.3 is 5.97 Å². The number of ether oxygens (including phenoxy) is 1. The van der Waals surface area contributed by atoms with Crippen LogP contribution in [0.4, 0.5) is 0 Å². The minimum absolute atomic E-state index is 0.000948. The van der Waals surface area contributed by atoms with E-state index in [4.69, 9.17) is 4.74 Å². The number of ketones is 3. The van der Waals surface area contributed by atoms with Crippen LogP contribution in [-0.2, 0) is 23.9 Å². The maximum atomic E-state index is 12.6. The molecule has 0 bridgehead atoms. The predicted molar refractivity (Wildman–Crippen MR) is 81.2 cm³/mol. The van der Waals surface area contributed by atoms with Crippen molar-refractivity contribution in [3.8, 4) is 0 Å². The first-order valence-electron chi connectivity index (χ1n) is 7.74. The molecule has 1 saturated carbocycles. The summed E-state index contributed by atoms with van der Waals surface area (Å²) >= 11 is 0. The second-order valence-electron chi connectivity index (χ2n) is 7.35. The molecule has 0 aromatic carbocycles. The van der Waals surface area contributed by atoms with Crippen molar-refractivity contribution >= 4 is 23.3 Å². The van der Waals surface area contributed by atoms with Gasteiger partial charge in [0, 0.05) is 18.8 Å². The van der Waals surface area contributed by atoms with Crippen LogP contribution in [0.1, 0.15) is 66.7 Å². The lowest BCUT2D eigenvalue weighted by Crippen LogP contribution is -2.45. The van der Waals surface area contributed by atoms with Gasteiger partial charge in [-0.1, -0.05) is 0 Å². The Hall–Kier alpha value is -1.52. The second kappa shape index (κ2) is 6.71. The van der Waals surface area contributed by atoms with Gasteiger partial charge in [0.15, 0.2) is 0 Å². The quantitative estimate of drug-likeness (QED) is 0.576. The van der Waals surface area contributed by atoms with E-state index in [1.54, 1.807) is 27.7 Å². The topological polar surface area (TPSA) is 77.5 Å². The molecule has 124 valence electrons. The van der Waals surface area contributed by atoms with Crippen LogP contribution < -0.4 is 0 Å². The Labute approximate surface area is 131 Å². The predicted octanol–water partition coefficient (Wildman–Crippen LogP) is 2.64. The monoisotopic (exact) mass is 310 g/mol. The molecule has 0 aromatic heterocycles. The van der Waals surface area contributed by atoms with Gasteiger partial charge in [-0.05, 0) is 47.5 Å². The van der Waals surface area contributed by atoms with E-state index in [0.717, 1.165) is 0 Å². The highest BCUT2D eigenvalue weighted by molar-refractivity contribution is 6.10. The van der Waals surface area contributed by atoms with Gasteiger partial charge in [0.2, 0.25) is 0 Å². The molecular weight excluding hydrogens is 284 g/mol. The third-order valence-electron chi connectivity index (χ3n) is 4.06. The number of rotatable bonds is 5. The van der Waals surface area contributed by atoms with E-state index in [0.29, 0.717) is 6.42 Å². The van der Waals surface area contributed by atoms with E-state index in [1.165, 1.54) is 6.92 Å². The standard InChI is InChI=1S/C17H26O5/c1-11(18)8-9-17(5)13(19)7-6-12(15(17)21)10-14(20)22-16(2,3)4/h12H,6-10H2,1-5H3/t12-,17+/m0/s1. The summed E-state index contributed by atoms with van der Waals surface area (Å²) in [5, 5.41) is 0. The number of hydrogen-bond acceptors (Lipinski definition) is 5. The summed E-state index contributed by atoms with van der Waals surface area (Å²) in [6, 6.07) is 0. The maximum Gasteiger partial charge on any atom is 0.307 e. The van der Waals surface area contributed by atoms with Crippen LogP contribution in [0.2, 0.25) is 0 Å². The van der Waals surface area contributed by atoms with Crippen molar-refractivity contribution in [1.82, 2.24) is 0 Å². The van der Waals surface area contributed by atoms with Gasteiger partial charge in [0.1, 0.15) is 23.0 Å². The van der Waals surface area contributed by atoms with Crippen LogP contribution in [0.25, 0.3) is 0 Å².